The largest absolute Gasteiger partial charge is 0.424 e. The van der Waals surface area contributed by atoms with E-state index in [-0.39, 0.29) is 10.5 Å². The smallest absolute Gasteiger partial charge is 0.293 e. The van der Waals surface area contributed by atoms with Crippen molar-refractivity contribution >= 4 is 34.3 Å². The van der Waals surface area contributed by atoms with Gasteiger partial charge in [-0.05, 0) is 17.7 Å². The molecule has 0 unspecified atom stereocenters. The monoisotopic (exact) mass is 188 g/mol. The lowest BCUT2D eigenvalue weighted by Gasteiger charge is -1.85. The number of aromatic nitrogens is 2. The van der Waals surface area contributed by atoms with E-state index in [9.17, 15) is 0 Å². The second-order valence-electron chi connectivity index (χ2n) is 1.92. The fourth-order valence-corrected chi connectivity index (χ4v) is 1.16. The molecular weight excluding hydrogens is 187 g/mol. The summed E-state index contributed by atoms with van der Waals surface area (Å²) in [6.07, 6.45) is 1.55. The summed E-state index contributed by atoms with van der Waals surface area (Å²) in [4.78, 5) is 7.64. The lowest BCUT2D eigenvalue weighted by Crippen LogP contribution is -1.73. The molecule has 2 aromatic heterocycles. The Hall–Kier alpha value is -0.800. The molecule has 0 aromatic carbocycles. The fourth-order valence-electron chi connectivity index (χ4n) is 0.797. The Labute approximate surface area is 72.0 Å². The van der Waals surface area contributed by atoms with Gasteiger partial charge in [0.2, 0.25) is 0 Å². The Morgan fingerprint density at radius 1 is 1.36 bits per heavy atom. The van der Waals surface area contributed by atoms with Gasteiger partial charge in [-0.3, -0.25) is 0 Å². The highest BCUT2D eigenvalue weighted by atomic mass is 35.5. The van der Waals surface area contributed by atoms with Crippen molar-refractivity contribution in [2.45, 2.75) is 0 Å². The minimum atomic E-state index is 0.0786. The molecule has 0 saturated heterocycles. The number of nitrogens with zero attached hydrogens (tertiary/aromatic N) is 2. The molecular formula is C6H2Cl2N2O. The number of pyridine rings is 1. The Morgan fingerprint density at radius 2 is 2.18 bits per heavy atom. The first-order valence-electron chi connectivity index (χ1n) is 2.84. The lowest BCUT2D eigenvalue weighted by molar-refractivity contribution is 0.603. The third-order valence-corrected chi connectivity index (χ3v) is 1.67. The summed E-state index contributed by atoms with van der Waals surface area (Å²) < 4.78 is 4.96. The first-order valence-corrected chi connectivity index (χ1v) is 3.59. The first kappa shape index (κ1) is 6.88. The molecule has 0 radical (unpaired) electrons. The molecule has 3 nitrogen and oxygen atoms in total. The van der Waals surface area contributed by atoms with E-state index in [0.717, 1.165) is 0 Å². The molecule has 0 fully saturated rings. The van der Waals surface area contributed by atoms with Crippen LogP contribution in [0.5, 0.6) is 0 Å². The van der Waals surface area contributed by atoms with Crippen LogP contribution in [0.4, 0.5) is 0 Å². The molecule has 0 amide bonds. The number of oxazole rings is 1. The van der Waals surface area contributed by atoms with E-state index in [2.05, 4.69) is 9.97 Å². The summed E-state index contributed by atoms with van der Waals surface area (Å²) in [5, 5.41) is 0.358. The Balaban J connectivity index is 2.90. The van der Waals surface area contributed by atoms with Gasteiger partial charge in [0.25, 0.3) is 5.35 Å². The van der Waals surface area contributed by atoms with Crippen LogP contribution in [0.1, 0.15) is 0 Å². The summed E-state index contributed by atoms with van der Waals surface area (Å²) in [7, 11) is 0. The lowest BCUT2D eigenvalue weighted by atomic mass is 10.4. The Kier molecular flexibility index (Phi) is 1.47. The van der Waals surface area contributed by atoms with Crippen molar-refractivity contribution in [3.63, 3.8) is 0 Å². The molecule has 2 rings (SSSR count). The maximum absolute atomic E-state index is 5.67. The zero-order valence-electron chi connectivity index (χ0n) is 5.21. The standard InChI is InChI=1S/C6H2Cl2N2O/c7-5-4-3(1-2-9-5)10-6(8)11-4/h1-2H. The van der Waals surface area contributed by atoms with Crippen molar-refractivity contribution in [1.82, 2.24) is 9.97 Å². The molecule has 0 saturated carbocycles. The van der Waals surface area contributed by atoms with Crippen molar-refractivity contribution in [3.05, 3.63) is 22.8 Å². The second-order valence-corrected chi connectivity index (χ2v) is 2.60. The van der Waals surface area contributed by atoms with E-state index in [1.54, 1.807) is 12.3 Å². The summed E-state index contributed by atoms with van der Waals surface area (Å²) >= 11 is 11.2. The molecule has 0 atom stereocenters. The maximum atomic E-state index is 5.67. The number of halogens is 2. The summed E-state index contributed by atoms with van der Waals surface area (Å²) in [5.74, 6) is 0. The third-order valence-electron chi connectivity index (χ3n) is 1.23. The second kappa shape index (κ2) is 2.36. The van der Waals surface area contributed by atoms with Crippen LogP contribution in [-0.2, 0) is 0 Å². The van der Waals surface area contributed by atoms with Crippen LogP contribution < -0.4 is 0 Å². The topological polar surface area (TPSA) is 38.9 Å². The zero-order valence-corrected chi connectivity index (χ0v) is 6.73. The Bertz CT molecular complexity index is 398. The minimum absolute atomic E-state index is 0.0786. The van der Waals surface area contributed by atoms with Crippen LogP contribution in [0.2, 0.25) is 10.5 Å². The van der Waals surface area contributed by atoms with Gasteiger partial charge in [-0.2, -0.15) is 4.98 Å². The van der Waals surface area contributed by atoms with Gasteiger partial charge in [0.15, 0.2) is 10.7 Å². The zero-order chi connectivity index (χ0) is 7.84. The predicted molar refractivity (Wildman–Crippen MR) is 41.8 cm³/mol. The molecule has 56 valence electrons. The van der Waals surface area contributed by atoms with Crippen molar-refractivity contribution in [1.29, 1.82) is 0 Å². The molecule has 0 aliphatic carbocycles. The maximum Gasteiger partial charge on any atom is 0.293 e. The van der Waals surface area contributed by atoms with Gasteiger partial charge in [0, 0.05) is 6.20 Å². The van der Waals surface area contributed by atoms with Crippen LogP contribution in [0.15, 0.2) is 16.7 Å². The predicted octanol–water partition coefficient (Wildman–Crippen LogP) is 2.53. The van der Waals surface area contributed by atoms with Crippen LogP contribution in [0.3, 0.4) is 0 Å². The van der Waals surface area contributed by atoms with E-state index in [1.165, 1.54) is 0 Å². The fraction of sp³-hybridized carbons (Fsp3) is 0. The van der Waals surface area contributed by atoms with Crippen LogP contribution in [-0.4, -0.2) is 9.97 Å². The quantitative estimate of drug-likeness (QED) is 0.597. The molecule has 5 heteroatoms. The van der Waals surface area contributed by atoms with E-state index < -0.39 is 0 Å². The van der Waals surface area contributed by atoms with E-state index in [0.29, 0.717) is 11.1 Å². The van der Waals surface area contributed by atoms with E-state index in [4.69, 9.17) is 27.6 Å². The highest BCUT2D eigenvalue weighted by molar-refractivity contribution is 6.34. The van der Waals surface area contributed by atoms with E-state index >= 15 is 0 Å². The third kappa shape index (κ3) is 1.06. The van der Waals surface area contributed by atoms with Gasteiger partial charge in [-0.1, -0.05) is 11.6 Å². The molecule has 2 aromatic rings. The van der Waals surface area contributed by atoms with Crippen molar-refractivity contribution in [2.24, 2.45) is 0 Å². The average molecular weight is 189 g/mol. The molecule has 11 heavy (non-hydrogen) atoms. The first-order chi connectivity index (χ1) is 5.27. The van der Waals surface area contributed by atoms with Gasteiger partial charge in [-0.15, -0.1) is 0 Å². The molecule has 0 aliphatic rings. The number of hydrogen-bond acceptors (Lipinski definition) is 3. The normalized spacial score (nSPS) is 10.7. The van der Waals surface area contributed by atoms with Crippen molar-refractivity contribution in [3.8, 4) is 0 Å². The van der Waals surface area contributed by atoms with Gasteiger partial charge in [0.1, 0.15) is 5.52 Å². The molecule has 0 spiro atoms. The molecule has 0 bridgehead atoms. The van der Waals surface area contributed by atoms with Gasteiger partial charge in [0.05, 0.1) is 0 Å². The van der Waals surface area contributed by atoms with Crippen LogP contribution in [0.25, 0.3) is 11.1 Å². The average Bonchev–Trinajstić information content (AvgIpc) is 2.31. The van der Waals surface area contributed by atoms with Crippen molar-refractivity contribution < 1.29 is 4.42 Å². The molecule has 2 heterocycles. The number of hydrogen-bond donors (Lipinski definition) is 0. The highest BCUT2D eigenvalue weighted by Crippen LogP contribution is 2.23. The Morgan fingerprint density at radius 3 is 2.91 bits per heavy atom. The van der Waals surface area contributed by atoms with E-state index in [1.807, 2.05) is 0 Å². The SMILES string of the molecule is Clc1nc2ccnc(Cl)c2o1. The summed E-state index contributed by atoms with van der Waals surface area (Å²) in [5.41, 5.74) is 1.05. The van der Waals surface area contributed by atoms with Gasteiger partial charge >= 0.3 is 0 Å². The van der Waals surface area contributed by atoms with Gasteiger partial charge in [-0.25, -0.2) is 4.98 Å². The number of fused-ring (bicyclic) bond motifs is 1. The molecule has 0 aliphatic heterocycles. The summed E-state index contributed by atoms with van der Waals surface area (Å²) in [6, 6.07) is 1.68. The minimum Gasteiger partial charge on any atom is -0.424 e. The molecule has 0 N–H and O–H groups in total. The highest BCUT2D eigenvalue weighted by Gasteiger charge is 2.06. The number of rotatable bonds is 0. The van der Waals surface area contributed by atoms with Crippen molar-refractivity contribution in [2.75, 3.05) is 0 Å². The van der Waals surface area contributed by atoms with Crippen LogP contribution in [0, 0.1) is 0 Å². The summed E-state index contributed by atoms with van der Waals surface area (Å²) in [6.45, 7) is 0. The van der Waals surface area contributed by atoms with Gasteiger partial charge < -0.3 is 4.42 Å². The van der Waals surface area contributed by atoms with Crippen LogP contribution >= 0.6 is 23.2 Å².